The molecule has 0 spiro atoms. The molecule has 0 radical (unpaired) electrons. The average molecular weight is 354 g/mol. The number of amides is 1. The monoisotopic (exact) mass is 354 g/mol. The van der Waals surface area contributed by atoms with Crippen LogP contribution in [-0.2, 0) is 6.18 Å². The fourth-order valence-electron chi connectivity index (χ4n) is 3.19. The van der Waals surface area contributed by atoms with E-state index in [1.165, 1.54) is 6.07 Å². The van der Waals surface area contributed by atoms with E-state index in [-0.39, 0.29) is 34.4 Å². The summed E-state index contributed by atoms with van der Waals surface area (Å²) < 4.78 is 45.7. The average Bonchev–Trinajstić information content (AvgIpc) is 2.96. The van der Waals surface area contributed by atoms with Crippen molar-refractivity contribution in [2.45, 2.75) is 45.7 Å². The number of aromatic nitrogens is 1. The van der Waals surface area contributed by atoms with E-state index in [9.17, 15) is 18.0 Å². The van der Waals surface area contributed by atoms with Crippen molar-refractivity contribution in [3.8, 4) is 0 Å². The van der Waals surface area contributed by atoms with Crippen LogP contribution in [0.4, 0.5) is 13.2 Å². The molecule has 7 heteroatoms. The molecule has 136 valence electrons. The van der Waals surface area contributed by atoms with Gasteiger partial charge in [0.05, 0.1) is 0 Å². The summed E-state index contributed by atoms with van der Waals surface area (Å²) >= 11 is 0. The van der Waals surface area contributed by atoms with Gasteiger partial charge in [0.15, 0.2) is 11.5 Å². The number of halogens is 3. The highest BCUT2D eigenvalue weighted by atomic mass is 19.4. The van der Waals surface area contributed by atoms with E-state index < -0.39 is 11.7 Å². The third-order valence-electron chi connectivity index (χ3n) is 4.50. The summed E-state index contributed by atoms with van der Waals surface area (Å²) in [6, 6.07) is 2.29. The predicted molar refractivity (Wildman–Crippen MR) is 87.4 cm³/mol. The maximum atomic E-state index is 13.5. The molecular weight excluding hydrogens is 333 g/mol. The Morgan fingerprint density at radius 1 is 1.36 bits per heavy atom. The van der Waals surface area contributed by atoms with Gasteiger partial charge in [0.1, 0.15) is 11.1 Å². The second kappa shape index (κ2) is 6.35. The van der Waals surface area contributed by atoms with Gasteiger partial charge in [-0.05, 0) is 30.9 Å². The van der Waals surface area contributed by atoms with Gasteiger partial charge < -0.3 is 9.32 Å². The maximum absolute atomic E-state index is 13.5. The van der Waals surface area contributed by atoms with Gasteiger partial charge in [-0.15, -0.1) is 0 Å². The summed E-state index contributed by atoms with van der Waals surface area (Å²) in [6.07, 6.45) is -2.72. The van der Waals surface area contributed by atoms with E-state index in [1.807, 2.05) is 6.92 Å². The molecule has 3 rings (SSSR count). The Morgan fingerprint density at radius 2 is 2.08 bits per heavy atom. The van der Waals surface area contributed by atoms with Gasteiger partial charge in [0.2, 0.25) is 0 Å². The van der Waals surface area contributed by atoms with E-state index in [0.29, 0.717) is 19.0 Å². The summed E-state index contributed by atoms with van der Waals surface area (Å²) in [5.74, 6) is 0.0587. The predicted octanol–water partition coefficient (Wildman–Crippen LogP) is 4.84. The lowest BCUT2D eigenvalue weighted by Gasteiger charge is -2.31. The lowest BCUT2D eigenvalue weighted by Crippen LogP contribution is -2.39. The quantitative estimate of drug-likeness (QED) is 0.775. The normalized spacial score (nSPS) is 19.0. The van der Waals surface area contributed by atoms with Gasteiger partial charge in [-0.2, -0.15) is 13.2 Å². The molecule has 1 aromatic carbocycles. The van der Waals surface area contributed by atoms with Crippen LogP contribution in [0.3, 0.4) is 0 Å². The zero-order valence-corrected chi connectivity index (χ0v) is 14.5. The number of carbonyl (C=O) groups is 1. The fourth-order valence-corrected chi connectivity index (χ4v) is 3.19. The Labute approximate surface area is 144 Å². The number of nitrogens with zero attached hydrogens (tertiary/aromatic N) is 2. The minimum Gasteiger partial charge on any atom is -0.440 e. The Morgan fingerprint density at radius 3 is 2.68 bits per heavy atom. The number of hydrogen-bond donors (Lipinski definition) is 0. The van der Waals surface area contributed by atoms with Gasteiger partial charge in [0, 0.05) is 24.6 Å². The number of hydrogen-bond acceptors (Lipinski definition) is 3. The van der Waals surface area contributed by atoms with E-state index in [2.05, 4.69) is 4.98 Å². The molecule has 0 saturated carbocycles. The van der Waals surface area contributed by atoms with Gasteiger partial charge in [0.25, 0.3) is 5.91 Å². The molecule has 0 N–H and O–H groups in total. The standard InChI is InChI=1S/C18H21F3N2O2/c1-10(2)16-22-14-8-12(7-13(15(14)25-16)18(19,20)21)17(24)23-6-4-5-11(3)9-23/h7-8,10-11H,4-6,9H2,1-3H3/t11-/m0/s1. The van der Waals surface area contributed by atoms with Crippen molar-refractivity contribution in [2.75, 3.05) is 13.1 Å². The van der Waals surface area contributed by atoms with Crippen LogP contribution in [-0.4, -0.2) is 28.9 Å². The first-order chi connectivity index (χ1) is 11.7. The molecular formula is C18H21F3N2O2. The van der Waals surface area contributed by atoms with Crippen LogP contribution in [0.1, 0.15) is 61.3 Å². The summed E-state index contributed by atoms with van der Waals surface area (Å²) in [7, 11) is 0. The third-order valence-corrected chi connectivity index (χ3v) is 4.50. The molecule has 0 bridgehead atoms. The third kappa shape index (κ3) is 3.50. The number of carbonyl (C=O) groups excluding carboxylic acids is 1. The molecule has 1 atom stereocenters. The first-order valence-corrected chi connectivity index (χ1v) is 8.47. The highest BCUT2D eigenvalue weighted by Gasteiger charge is 2.36. The Hall–Kier alpha value is -2.05. The maximum Gasteiger partial charge on any atom is 0.420 e. The Bertz CT molecular complexity index is 795. The van der Waals surface area contributed by atoms with Crippen LogP contribution >= 0.6 is 0 Å². The van der Waals surface area contributed by atoms with Crippen LogP contribution in [0.2, 0.25) is 0 Å². The van der Waals surface area contributed by atoms with Crippen molar-refractivity contribution in [3.63, 3.8) is 0 Å². The van der Waals surface area contributed by atoms with Crippen molar-refractivity contribution < 1.29 is 22.4 Å². The molecule has 1 aromatic heterocycles. The second-order valence-electron chi connectivity index (χ2n) is 7.08. The van der Waals surface area contributed by atoms with Gasteiger partial charge in [-0.3, -0.25) is 4.79 Å². The molecule has 4 nitrogen and oxygen atoms in total. The van der Waals surface area contributed by atoms with E-state index in [4.69, 9.17) is 4.42 Å². The molecule has 0 aliphatic carbocycles. The minimum absolute atomic E-state index is 0.0116. The van der Waals surface area contributed by atoms with Crippen LogP contribution in [0.15, 0.2) is 16.5 Å². The molecule has 1 fully saturated rings. The first-order valence-electron chi connectivity index (χ1n) is 8.47. The molecule has 0 unspecified atom stereocenters. The number of alkyl halides is 3. The molecule has 25 heavy (non-hydrogen) atoms. The number of fused-ring (bicyclic) bond motifs is 1. The first kappa shape index (κ1) is 17.8. The van der Waals surface area contributed by atoms with Crippen LogP contribution in [0.25, 0.3) is 11.1 Å². The summed E-state index contributed by atoms with van der Waals surface area (Å²) in [5.41, 5.74) is -1.16. The SMILES string of the molecule is CC(C)c1nc2cc(C(=O)N3CCC[C@H](C)C3)cc(C(F)(F)F)c2o1. The minimum atomic E-state index is -4.61. The highest BCUT2D eigenvalue weighted by Crippen LogP contribution is 2.37. The van der Waals surface area contributed by atoms with Crippen molar-refractivity contribution in [3.05, 3.63) is 29.2 Å². The Kier molecular flexibility index (Phi) is 4.51. The molecule has 1 amide bonds. The van der Waals surface area contributed by atoms with E-state index in [0.717, 1.165) is 18.9 Å². The zero-order valence-electron chi connectivity index (χ0n) is 14.5. The lowest BCUT2D eigenvalue weighted by atomic mass is 9.99. The summed E-state index contributed by atoms with van der Waals surface area (Å²) in [4.78, 5) is 18.5. The lowest BCUT2D eigenvalue weighted by molar-refractivity contribution is -0.136. The summed E-state index contributed by atoms with van der Waals surface area (Å²) in [6.45, 7) is 6.75. The Balaban J connectivity index is 2.08. The van der Waals surface area contributed by atoms with Crippen molar-refractivity contribution in [1.29, 1.82) is 0 Å². The highest BCUT2D eigenvalue weighted by molar-refractivity contribution is 5.98. The van der Waals surface area contributed by atoms with Crippen molar-refractivity contribution >= 4 is 17.0 Å². The number of likely N-dealkylation sites (tertiary alicyclic amines) is 1. The van der Waals surface area contributed by atoms with E-state index >= 15 is 0 Å². The van der Waals surface area contributed by atoms with Crippen LogP contribution in [0.5, 0.6) is 0 Å². The van der Waals surface area contributed by atoms with Crippen LogP contribution in [0, 0.1) is 5.92 Å². The van der Waals surface area contributed by atoms with Gasteiger partial charge in [-0.25, -0.2) is 4.98 Å². The molecule has 2 aromatic rings. The topological polar surface area (TPSA) is 46.3 Å². The van der Waals surface area contributed by atoms with Crippen molar-refractivity contribution in [1.82, 2.24) is 9.88 Å². The number of rotatable bonds is 2. The molecule has 1 aliphatic heterocycles. The second-order valence-corrected chi connectivity index (χ2v) is 7.08. The number of oxazole rings is 1. The fraction of sp³-hybridized carbons (Fsp3) is 0.556. The van der Waals surface area contributed by atoms with E-state index in [1.54, 1.807) is 18.7 Å². The molecule has 1 aliphatic rings. The van der Waals surface area contributed by atoms with Gasteiger partial charge >= 0.3 is 6.18 Å². The smallest absolute Gasteiger partial charge is 0.420 e. The zero-order chi connectivity index (χ0) is 18.4. The van der Waals surface area contributed by atoms with Crippen molar-refractivity contribution in [2.24, 2.45) is 5.92 Å². The molecule has 1 saturated heterocycles. The number of piperidine rings is 1. The number of benzene rings is 1. The van der Waals surface area contributed by atoms with Crippen LogP contribution < -0.4 is 0 Å². The molecule has 2 heterocycles. The largest absolute Gasteiger partial charge is 0.440 e. The summed E-state index contributed by atoms with van der Waals surface area (Å²) in [5, 5.41) is 0. The van der Waals surface area contributed by atoms with Gasteiger partial charge in [-0.1, -0.05) is 20.8 Å².